The van der Waals surface area contributed by atoms with Gasteiger partial charge >= 0.3 is 12.1 Å². The second kappa shape index (κ2) is 24.5. The minimum Gasteiger partial charge on any atom is -0.507 e. The predicted octanol–water partition coefficient (Wildman–Crippen LogP) is 11.6. The Labute approximate surface area is 399 Å². The van der Waals surface area contributed by atoms with Gasteiger partial charge in [0, 0.05) is 23.4 Å². The Hall–Kier alpha value is -2.71. The van der Waals surface area contributed by atoms with Gasteiger partial charge in [0.2, 0.25) is 4.93 Å². The van der Waals surface area contributed by atoms with E-state index in [4.69, 9.17) is 27.5 Å². The van der Waals surface area contributed by atoms with Crippen molar-refractivity contribution in [2.75, 3.05) is 13.7 Å². The molecule has 0 aromatic heterocycles. The van der Waals surface area contributed by atoms with Crippen molar-refractivity contribution >= 4 is 54.7 Å². The lowest BCUT2D eigenvalue weighted by Gasteiger charge is -2.53. The van der Waals surface area contributed by atoms with Gasteiger partial charge in [0.15, 0.2) is 25.0 Å². The van der Waals surface area contributed by atoms with E-state index in [-0.39, 0.29) is 24.6 Å². The van der Waals surface area contributed by atoms with E-state index in [0.29, 0.717) is 16.7 Å². The number of phenols is 1. The summed E-state index contributed by atoms with van der Waals surface area (Å²) in [7, 11) is -6.25. The van der Waals surface area contributed by atoms with Crippen molar-refractivity contribution in [3.05, 3.63) is 58.7 Å². The SMILES string of the molecule is CC[Si](CC)(CC)O[C@@H]([C@@H]1O[C@@](Sc2ccc(C)cc2)(C(=O)OC)C[C@H](O[Si](CC)(CC)CC)[C@H]1NC(=O)OC(C)(C)C)[C@@H](CNC(=O)c1cc(C)c(O)c(C)c1)O[Si](CC)(CC)CC. The van der Waals surface area contributed by atoms with Crippen molar-refractivity contribution in [1.29, 1.82) is 0 Å². The number of hydrogen-bond donors (Lipinski definition) is 3. The summed E-state index contributed by atoms with van der Waals surface area (Å²) in [4.78, 5) is 42.4. The number of carbonyl (C=O) groups excluding carboxylic acids is 3. The predicted molar refractivity (Wildman–Crippen MR) is 271 cm³/mol. The molecule has 0 aliphatic carbocycles. The summed E-state index contributed by atoms with van der Waals surface area (Å²) in [5, 5.41) is 17.0. The molecule has 2 amide bonds. The molecule has 1 fully saturated rings. The van der Waals surface area contributed by atoms with Crippen LogP contribution in [0.5, 0.6) is 5.75 Å². The summed E-state index contributed by atoms with van der Waals surface area (Å²) in [6.07, 6.45) is -4.11. The zero-order valence-corrected chi connectivity index (χ0v) is 46.5. The molecule has 16 heteroatoms. The third-order valence-corrected chi connectivity index (χ3v) is 29.2. The highest BCUT2D eigenvalue weighted by Gasteiger charge is 2.59. The number of hydrogen-bond acceptors (Lipinski definition) is 11. The first kappa shape index (κ1) is 56.6. The molecule has 1 aliphatic heterocycles. The van der Waals surface area contributed by atoms with Crippen LogP contribution in [-0.4, -0.2) is 103 Å². The second-order valence-electron chi connectivity index (χ2n) is 18.9. The molecule has 6 atom stereocenters. The molecule has 0 bridgehead atoms. The Bertz CT molecular complexity index is 1800. The molecule has 1 heterocycles. The van der Waals surface area contributed by atoms with Crippen LogP contribution >= 0.6 is 11.8 Å². The zero-order chi connectivity index (χ0) is 49.0. The third kappa shape index (κ3) is 14.4. The Morgan fingerprint density at radius 1 is 0.800 bits per heavy atom. The first-order valence-corrected chi connectivity index (χ1v) is 32.6. The molecule has 65 heavy (non-hydrogen) atoms. The van der Waals surface area contributed by atoms with Crippen LogP contribution in [-0.2, 0) is 32.3 Å². The number of methoxy groups -OCH3 is 1. The number of phenolic OH excluding ortho intramolecular Hbond substituents is 1. The molecule has 0 saturated carbocycles. The van der Waals surface area contributed by atoms with Crippen molar-refractivity contribution in [3.63, 3.8) is 0 Å². The number of alkyl carbamates (subject to hydrolysis) is 1. The van der Waals surface area contributed by atoms with E-state index in [1.54, 1.807) is 26.0 Å². The largest absolute Gasteiger partial charge is 0.507 e. The lowest BCUT2D eigenvalue weighted by molar-refractivity contribution is -0.199. The third-order valence-electron chi connectivity index (χ3n) is 13.9. The van der Waals surface area contributed by atoms with Crippen LogP contribution < -0.4 is 10.6 Å². The topological polar surface area (TPSA) is 151 Å². The maximum atomic E-state index is 14.8. The summed E-state index contributed by atoms with van der Waals surface area (Å²) in [5.41, 5.74) is 1.84. The zero-order valence-electron chi connectivity index (χ0n) is 42.7. The molecule has 1 aliphatic rings. The van der Waals surface area contributed by atoms with E-state index in [1.165, 1.54) is 18.9 Å². The number of esters is 1. The van der Waals surface area contributed by atoms with Gasteiger partial charge in [-0.25, -0.2) is 9.59 Å². The molecule has 12 nitrogen and oxygen atoms in total. The van der Waals surface area contributed by atoms with Gasteiger partial charge < -0.3 is 43.2 Å². The number of ether oxygens (including phenoxy) is 3. The van der Waals surface area contributed by atoms with Crippen LogP contribution in [0.25, 0.3) is 0 Å². The standard InChI is InChI=1S/C49H84N2O10SSi3/c1-17-63(18-2,19-3)59-39-32-49(46(54)56-16,62-38-28-26-34(10)27-29-38)57-44(41(39)51-47(55)58-48(13,14)15)43(61-65(23-7,24-8)25-9)40(60-64(20-4,21-5)22-6)33-50-45(53)37-30-35(11)42(52)36(12)31-37/h26-31,39-41,43-44,52H,17-25,32-33H2,1-16H3,(H,50,53)(H,51,55)/t39-,40+,41+,43+,44+,49-/m0/s1. The van der Waals surface area contributed by atoms with Gasteiger partial charge in [-0.3, -0.25) is 4.79 Å². The lowest BCUT2D eigenvalue weighted by Crippen LogP contribution is -2.70. The van der Waals surface area contributed by atoms with Crippen LogP contribution in [0.1, 0.15) is 117 Å². The van der Waals surface area contributed by atoms with Crippen LogP contribution in [0, 0.1) is 20.8 Å². The minimum atomic E-state index is -2.62. The summed E-state index contributed by atoms with van der Waals surface area (Å²) >= 11 is 1.28. The number of thioether (sulfide) groups is 1. The normalized spacial score (nSPS) is 20.5. The molecule has 2 aromatic rings. The number of nitrogens with one attached hydrogen (secondary N) is 2. The van der Waals surface area contributed by atoms with Crippen molar-refractivity contribution < 1.29 is 47.0 Å². The van der Waals surface area contributed by atoms with Crippen molar-refractivity contribution in [1.82, 2.24) is 10.6 Å². The number of amides is 2. The van der Waals surface area contributed by atoms with Gasteiger partial charge in [-0.2, -0.15) is 0 Å². The van der Waals surface area contributed by atoms with Crippen LogP contribution in [0.2, 0.25) is 54.4 Å². The summed E-state index contributed by atoms with van der Waals surface area (Å²) < 4.78 is 41.9. The summed E-state index contributed by atoms with van der Waals surface area (Å²) in [5.74, 6) is -0.765. The molecule has 0 spiro atoms. The number of rotatable bonds is 24. The Morgan fingerprint density at radius 3 is 1.75 bits per heavy atom. The fourth-order valence-corrected chi connectivity index (χ4v) is 18.9. The van der Waals surface area contributed by atoms with Gasteiger partial charge in [0.05, 0.1) is 25.4 Å². The van der Waals surface area contributed by atoms with Crippen LogP contribution in [0.4, 0.5) is 4.79 Å². The maximum Gasteiger partial charge on any atom is 0.408 e. The number of aryl methyl sites for hydroxylation is 3. The molecule has 0 unspecified atom stereocenters. The average molecular weight is 978 g/mol. The average Bonchev–Trinajstić information content (AvgIpc) is 3.29. The molecule has 0 radical (unpaired) electrons. The number of benzene rings is 2. The van der Waals surface area contributed by atoms with Crippen molar-refractivity contribution in [2.24, 2.45) is 0 Å². The molecule has 2 aromatic carbocycles. The fourth-order valence-electron chi connectivity index (χ4n) is 9.03. The molecular weight excluding hydrogens is 893 g/mol. The molecule has 1 saturated heterocycles. The van der Waals surface area contributed by atoms with Crippen LogP contribution in [0.15, 0.2) is 41.3 Å². The van der Waals surface area contributed by atoms with Gasteiger partial charge in [-0.15, -0.1) is 0 Å². The number of carbonyl (C=O) groups is 3. The van der Waals surface area contributed by atoms with Gasteiger partial charge in [0.25, 0.3) is 5.91 Å². The number of aromatic hydroxyl groups is 1. The van der Waals surface area contributed by atoms with Gasteiger partial charge in [-0.1, -0.05) is 91.8 Å². The smallest absolute Gasteiger partial charge is 0.408 e. The van der Waals surface area contributed by atoms with Gasteiger partial charge in [-0.05, 0) is 131 Å². The molecule has 3 rings (SSSR count). The minimum absolute atomic E-state index is 0.0390. The van der Waals surface area contributed by atoms with Crippen LogP contribution in [0.3, 0.4) is 0 Å². The van der Waals surface area contributed by atoms with Crippen molar-refractivity contribution in [2.45, 2.75) is 211 Å². The van der Waals surface area contributed by atoms with E-state index in [1.807, 2.05) is 52.0 Å². The quantitative estimate of drug-likeness (QED) is 0.0681. The molecular formula is C49H84N2O10SSi3. The highest BCUT2D eigenvalue weighted by atomic mass is 32.2. The highest BCUT2D eigenvalue weighted by Crippen LogP contribution is 2.48. The van der Waals surface area contributed by atoms with E-state index in [0.717, 1.165) is 64.9 Å². The van der Waals surface area contributed by atoms with Gasteiger partial charge in [0.1, 0.15) is 23.6 Å². The Balaban J connectivity index is 2.52. The molecule has 368 valence electrons. The Morgan fingerprint density at radius 2 is 1.29 bits per heavy atom. The lowest BCUT2D eigenvalue weighted by atomic mass is 9.89. The van der Waals surface area contributed by atoms with Crippen molar-refractivity contribution in [3.8, 4) is 5.75 Å². The summed E-state index contributed by atoms with van der Waals surface area (Å²) in [6.45, 7) is 30.5. The first-order chi connectivity index (χ1) is 30.6. The van der Waals surface area contributed by atoms with E-state index < -0.39 is 78.0 Å². The monoisotopic (exact) mass is 977 g/mol. The maximum absolute atomic E-state index is 14.8. The molecule has 3 N–H and O–H groups in total. The fraction of sp³-hybridized carbons (Fsp3) is 0.694. The highest BCUT2D eigenvalue weighted by molar-refractivity contribution is 8.01. The Kier molecular flexibility index (Phi) is 21.4. The van der Waals surface area contributed by atoms with E-state index in [9.17, 15) is 19.5 Å². The first-order valence-electron chi connectivity index (χ1n) is 24.2. The summed E-state index contributed by atoms with van der Waals surface area (Å²) in [6, 6.07) is 17.7. The van der Waals surface area contributed by atoms with E-state index >= 15 is 0 Å². The second-order valence-corrected chi connectivity index (χ2v) is 34.4. The van der Waals surface area contributed by atoms with E-state index in [2.05, 4.69) is 72.9 Å².